The zero-order chi connectivity index (χ0) is 16.8. The van der Waals surface area contributed by atoms with Gasteiger partial charge < -0.3 is 20.1 Å². The standard InChI is InChI=1S/C15H26N2O5/c1-5-21-13(19)12(18)16-9-10-7-6-8-11(10)17-14(20)22-15(2,3)4/h10-11H,5-9H2,1-4H3,(H,16,18)(H,17,20). The van der Waals surface area contributed by atoms with E-state index in [1.807, 2.05) is 0 Å². The molecule has 0 spiro atoms. The van der Waals surface area contributed by atoms with Crippen LogP contribution in [0.4, 0.5) is 4.79 Å². The second-order valence-electron chi connectivity index (χ2n) is 6.37. The normalized spacial score (nSPS) is 21.1. The number of carbonyl (C=O) groups excluding carboxylic acids is 3. The van der Waals surface area contributed by atoms with Gasteiger partial charge in [0.25, 0.3) is 0 Å². The summed E-state index contributed by atoms with van der Waals surface area (Å²) in [6, 6.07) is -0.0580. The van der Waals surface area contributed by atoms with Crippen LogP contribution < -0.4 is 10.6 Å². The highest BCUT2D eigenvalue weighted by Crippen LogP contribution is 2.25. The van der Waals surface area contributed by atoms with E-state index in [0.29, 0.717) is 6.54 Å². The molecule has 1 fully saturated rings. The van der Waals surface area contributed by atoms with Crippen LogP contribution in [-0.2, 0) is 19.1 Å². The van der Waals surface area contributed by atoms with Gasteiger partial charge in [0.05, 0.1) is 6.61 Å². The zero-order valence-corrected chi connectivity index (χ0v) is 13.7. The largest absolute Gasteiger partial charge is 0.459 e. The summed E-state index contributed by atoms with van der Waals surface area (Å²) in [6.07, 6.45) is 2.21. The molecule has 2 unspecified atom stereocenters. The van der Waals surface area contributed by atoms with Gasteiger partial charge >= 0.3 is 18.0 Å². The molecule has 0 radical (unpaired) electrons. The predicted octanol–water partition coefficient (Wildman–Crippen LogP) is 1.36. The number of rotatable bonds is 4. The van der Waals surface area contributed by atoms with Crippen LogP contribution in [0, 0.1) is 5.92 Å². The molecule has 1 rings (SSSR count). The number of alkyl carbamates (subject to hydrolysis) is 1. The van der Waals surface area contributed by atoms with E-state index in [9.17, 15) is 14.4 Å². The number of ether oxygens (including phenoxy) is 2. The van der Waals surface area contributed by atoms with E-state index in [1.165, 1.54) is 0 Å². The number of amides is 2. The lowest BCUT2D eigenvalue weighted by atomic mass is 10.0. The van der Waals surface area contributed by atoms with Crippen molar-refractivity contribution in [1.82, 2.24) is 10.6 Å². The Bertz CT molecular complexity index is 417. The molecule has 0 aromatic heterocycles. The van der Waals surface area contributed by atoms with Gasteiger partial charge in [-0.2, -0.15) is 0 Å². The van der Waals surface area contributed by atoms with Crippen LogP contribution in [0.3, 0.4) is 0 Å². The maximum absolute atomic E-state index is 11.8. The van der Waals surface area contributed by atoms with Gasteiger partial charge in [0.15, 0.2) is 0 Å². The molecule has 0 bridgehead atoms. The second-order valence-corrected chi connectivity index (χ2v) is 6.37. The first-order valence-electron chi connectivity index (χ1n) is 7.67. The minimum atomic E-state index is -0.878. The summed E-state index contributed by atoms with van der Waals surface area (Å²) in [5.74, 6) is -1.53. The molecular weight excluding hydrogens is 288 g/mol. The van der Waals surface area contributed by atoms with Crippen LogP contribution in [0.2, 0.25) is 0 Å². The van der Waals surface area contributed by atoms with Gasteiger partial charge in [-0.25, -0.2) is 9.59 Å². The van der Waals surface area contributed by atoms with E-state index in [-0.39, 0.29) is 18.6 Å². The van der Waals surface area contributed by atoms with E-state index in [1.54, 1.807) is 27.7 Å². The SMILES string of the molecule is CCOC(=O)C(=O)NCC1CCCC1NC(=O)OC(C)(C)C. The smallest absolute Gasteiger partial charge is 0.407 e. The monoisotopic (exact) mass is 314 g/mol. The Labute approximate surface area is 131 Å². The van der Waals surface area contributed by atoms with Crippen molar-refractivity contribution in [1.29, 1.82) is 0 Å². The predicted molar refractivity (Wildman–Crippen MR) is 80.1 cm³/mol. The van der Waals surface area contributed by atoms with Crippen LogP contribution in [0.15, 0.2) is 0 Å². The number of hydrogen-bond donors (Lipinski definition) is 2. The number of nitrogens with one attached hydrogen (secondary N) is 2. The van der Waals surface area contributed by atoms with E-state index >= 15 is 0 Å². The molecule has 1 aliphatic carbocycles. The molecule has 1 aliphatic rings. The Morgan fingerprint density at radius 3 is 2.45 bits per heavy atom. The van der Waals surface area contributed by atoms with E-state index < -0.39 is 23.6 Å². The Kier molecular flexibility index (Phi) is 6.64. The summed E-state index contributed by atoms with van der Waals surface area (Å²) in [7, 11) is 0. The summed E-state index contributed by atoms with van der Waals surface area (Å²) in [6.45, 7) is 7.55. The third kappa shape index (κ3) is 6.32. The fraction of sp³-hybridized carbons (Fsp3) is 0.800. The molecular formula is C15H26N2O5. The fourth-order valence-electron chi connectivity index (χ4n) is 2.42. The van der Waals surface area contributed by atoms with Crippen molar-refractivity contribution in [2.75, 3.05) is 13.2 Å². The molecule has 7 nitrogen and oxygen atoms in total. The van der Waals surface area contributed by atoms with Crippen LogP contribution in [-0.4, -0.2) is 42.8 Å². The average molecular weight is 314 g/mol. The molecule has 1 saturated carbocycles. The molecule has 0 saturated heterocycles. The van der Waals surface area contributed by atoms with Crippen molar-refractivity contribution in [3.8, 4) is 0 Å². The van der Waals surface area contributed by atoms with E-state index in [2.05, 4.69) is 15.4 Å². The Hall–Kier alpha value is -1.79. The zero-order valence-electron chi connectivity index (χ0n) is 13.7. The summed E-state index contributed by atoms with van der Waals surface area (Å²) >= 11 is 0. The second kappa shape index (κ2) is 8.00. The maximum Gasteiger partial charge on any atom is 0.407 e. The van der Waals surface area contributed by atoms with Crippen molar-refractivity contribution in [2.24, 2.45) is 5.92 Å². The van der Waals surface area contributed by atoms with Gasteiger partial charge in [-0.1, -0.05) is 6.42 Å². The first-order valence-corrected chi connectivity index (χ1v) is 7.67. The van der Waals surface area contributed by atoms with Crippen molar-refractivity contribution >= 4 is 18.0 Å². The Balaban J connectivity index is 2.42. The minimum absolute atomic E-state index is 0.0580. The van der Waals surface area contributed by atoms with Gasteiger partial charge in [-0.3, -0.25) is 4.79 Å². The first kappa shape index (κ1) is 18.3. The lowest BCUT2D eigenvalue weighted by molar-refractivity contribution is -0.154. The third-order valence-electron chi connectivity index (χ3n) is 3.35. The van der Waals surface area contributed by atoms with E-state index in [4.69, 9.17) is 4.74 Å². The third-order valence-corrected chi connectivity index (χ3v) is 3.35. The molecule has 2 atom stereocenters. The minimum Gasteiger partial charge on any atom is -0.459 e. The Morgan fingerprint density at radius 1 is 1.18 bits per heavy atom. The molecule has 2 amide bonds. The average Bonchev–Trinajstić information content (AvgIpc) is 2.81. The quantitative estimate of drug-likeness (QED) is 0.603. The summed E-state index contributed by atoms with van der Waals surface area (Å²) in [4.78, 5) is 34.5. The highest BCUT2D eigenvalue weighted by atomic mass is 16.6. The molecule has 126 valence electrons. The molecule has 0 heterocycles. The topological polar surface area (TPSA) is 93.7 Å². The molecule has 22 heavy (non-hydrogen) atoms. The summed E-state index contributed by atoms with van der Waals surface area (Å²) in [5, 5.41) is 5.39. The van der Waals surface area contributed by atoms with Gasteiger partial charge in [0, 0.05) is 12.6 Å². The first-order chi connectivity index (χ1) is 10.2. The molecule has 0 aromatic carbocycles. The number of esters is 1. The number of hydrogen-bond acceptors (Lipinski definition) is 5. The van der Waals surface area contributed by atoms with Gasteiger partial charge in [0.2, 0.25) is 0 Å². The van der Waals surface area contributed by atoms with Gasteiger partial charge in [-0.15, -0.1) is 0 Å². The van der Waals surface area contributed by atoms with Crippen LogP contribution >= 0.6 is 0 Å². The van der Waals surface area contributed by atoms with Gasteiger partial charge in [-0.05, 0) is 46.5 Å². The van der Waals surface area contributed by atoms with Crippen LogP contribution in [0.25, 0.3) is 0 Å². The highest BCUT2D eigenvalue weighted by molar-refractivity contribution is 6.32. The number of carbonyl (C=O) groups is 3. The van der Waals surface area contributed by atoms with Crippen LogP contribution in [0.1, 0.15) is 47.0 Å². The summed E-state index contributed by atoms with van der Waals surface area (Å²) in [5.41, 5.74) is -0.545. The lowest BCUT2D eigenvalue weighted by Gasteiger charge is -2.24. The maximum atomic E-state index is 11.8. The van der Waals surface area contributed by atoms with Crippen molar-refractivity contribution < 1.29 is 23.9 Å². The van der Waals surface area contributed by atoms with Crippen LogP contribution in [0.5, 0.6) is 0 Å². The fourth-order valence-corrected chi connectivity index (χ4v) is 2.42. The van der Waals surface area contributed by atoms with Crippen molar-refractivity contribution in [3.63, 3.8) is 0 Å². The van der Waals surface area contributed by atoms with Crippen molar-refractivity contribution in [3.05, 3.63) is 0 Å². The summed E-state index contributed by atoms with van der Waals surface area (Å²) < 4.78 is 9.86. The highest BCUT2D eigenvalue weighted by Gasteiger charge is 2.31. The van der Waals surface area contributed by atoms with Gasteiger partial charge in [0.1, 0.15) is 5.60 Å². The Morgan fingerprint density at radius 2 is 1.86 bits per heavy atom. The van der Waals surface area contributed by atoms with Crippen molar-refractivity contribution in [2.45, 2.75) is 58.6 Å². The molecule has 7 heteroatoms. The molecule has 2 N–H and O–H groups in total. The lowest BCUT2D eigenvalue weighted by Crippen LogP contribution is -2.45. The molecule has 0 aromatic rings. The molecule has 0 aliphatic heterocycles. The van der Waals surface area contributed by atoms with E-state index in [0.717, 1.165) is 19.3 Å².